The monoisotopic (exact) mass is 242 g/mol. The van der Waals surface area contributed by atoms with Crippen LogP contribution in [0, 0.1) is 10.1 Å². The smallest absolute Gasteiger partial charge is 0.406 e. The van der Waals surface area contributed by atoms with Gasteiger partial charge in [0.25, 0.3) is 0 Å². The number of hydrogen-bond donors (Lipinski definition) is 2. The van der Waals surface area contributed by atoms with Crippen LogP contribution in [0.1, 0.15) is 19.8 Å². The van der Waals surface area contributed by atoms with Gasteiger partial charge in [0.2, 0.25) is 12.1 Å². The summed E-state index contributed by atoms with van der Waals surface area (Å²) >= 11 is 0. The number of hydrogen-bond acceptors (Lipinski definition) is 5. The predicted molar refractivity (Wildman–Crippen MR) is 59.8 cm³/mol. The maximum absolute atomic E-state index is 10.7. The number of nitrogens with zero attached hydrogens (tertiary/aromatic N) is 3. The summed E-state index contributed by atoms with van der Waals surface area (Å²) in [4.78, 5) is 24.3. The highest BCUT2D eigenvalue weighted by molar-refractivity contribution is 5.68. The van der Waals surface area contributed by atoms with Gasteiger partial charge in [-0.2, -0.15) is 0 Å². The van der Waals surface area contributed by atoms with E-state index in [0.717, 1.165) is 0 Å². The Hall–Kier alpha value is -2.12. The standard InChI is InChI=1S/C9H14N4O4/c1-3-6(4-7(14)15)11-9-8(13(16)17)10-5-12(9)2/h5-6,11H,3-4H2,1-2H3,(H,14,15). The molecule has 0 spiro atoms. The predicted octanol–water partition coefficient (Wildman–Crippen LogP) is 0.993. The largest absolute Gasteiger partial charge is 0.481 e. The van der Waals surface area contributed by atoms with Gasteiger partial charge in [-0.3, -0.25) is 9.36 Å². The van der Waals surface area contributed by atoms with Gasteiger partial charge in [0.05, 0.1) is 6.42 Å². The zero-order chi connectivity index (χ0) is 13.0. The fourth-order valence-electron chi connectivity index (χ4n) is 1.42. The zero-order valence-corrected chi connectivity index (χ0v) is 9.58. The van der Waals surface area contributed by atoms with Gasteiger partial charge in [-0.05, 0) is 16.3 Å². The van der Waals surface area contributed by atoms with Crippen molar-refractivity contribution in [2.75, 3.05) is 5.32 Å². The van der Waals surface area contributed by atoms with Gasteiger partial charge < -0.3 is 20.5 Å². The molecule has 2 N–H and O–H groups in total. The minimum Gasteiger partial charge on any atom is -0.481 e. The molecule has 0 saturated heterocycles. The fraction of sp³-hybridized carbons (Fsp3) is 0.556. The maximum atomic E-state index is 10.7. The number of carboxylic acid groups (broad SMARTS) is 1. The van der Waals surface area contributed by atoms with Crippen molar-refractivity contribution in [3.05, 3.63) is 16.4 Å². The van der Waals surface area contributed by atoms with Gasteiger partial charge in [-0.1, -0.05) is 6.92 Å². The Morgan fingerprint density at radius 1 is 1.76 bits per heavy atom. The van der Waals surface area contributed by atoms with Gasteiger partial charge in [-0.25, -0.2) is 0 Å². The number of aliphatic carboxylic acids is 1. The average Bonchev–Trinajstić information content (AvgIpc) is 2.59. The number of rotatable bonds is 6. The molecule has 1 aromatic heterocycles. The van der Waals surface area contributed by atoms with Crippen LogP contribution in [-0.4, -0.2) is 31.6 Å². The van der Waals surface area contributed by atoms with E-state index in [1.807, 2.05) is 6.92 Å². The van der Waals surface area contributed by atoms with Gasteiger partial charge >= 0.3 is 11.8 Å². The lowest BCUT2D eigenvalue weighted by Gasteiger charge is -2.15. The molecule has 17 heavy (non-hydrogen) atoms. The molecule has 0 radical (unpaired) electrons. The summed E-state index contributed by atoms with van der Waals surface area (Å²) in [6.07, 6.45) is 1.77. The van der Waals surface area contributed by atoms with Gasteiger partial charge in [0.15, 0.2) is 0 Å². The summed E-state index contributed by atoms with van der Waals surface area (Å²) in [5, 5.41) is 22.2. The van der Waals surface area contributed by atoms with Crippen LogP contribution in [0.4, 0.5) is 11.6 Å². The number of aryl methyl sites for hydroxylation is 1. The fourth-order valence-corrected chi connectivity index (χ4v) is 1.42. The molecule has 0 saturated carbocycles. The summed E-state index contributed by atoms with van der Waals surface area (Å²) in [6.45, 7) is 1.81. The summed E-state index contributed by atoms with van der Waals surface area (Å²) in [5.41, 5.74) is 0. The van der Waals surface area contributed by atoms with Crippen LogP contribution in [-0.2, 0) is 11.8 Å². The molecule has 0 amide bonds. The lowest BCUT2D eigenvalue weighted by molar-refractivity contribution is -0.388. The van der Waals surface area contributed by atoms with Crippen LogP contribution in [0.5, 0.6) is 0 Å². The second kappa shape index (κ2) is 5.28. The van der Waals surface area contributed by atoms with E-state index < -0.39 is 10.9 Å². The van der Waals surface area contributed by atoms with Crippen molar-refractivity contribution >= 4 is 17.6 Å². The van der Waals surface area contributed by atoms with Crippen molar-refractivity contribution in [3.63, 3.8) is 0 Å². The third kappa shape index (κ3) is 3.16. The lowest BCUT2D eigenvalue weighted by Crippen LogP contribution is -2.23. The Morgan fingerprint density at radius 3 is 2.88 bits per heavy atom. The molecule has 0 aliphatic heterocycles. The highest BCUT2D eigenvalue weighted by Gasteiger charge is 2.23. The first-order chi connectivity index (χ1) is 7.95. The molecule has 1 rings (SSSR count). The van der Waals surface area contributed by atoms with Crippen molar-refractivity contribution in [1.82, 2.24) is 9.55 Å². The second-order valence-corrected chi connectivity index (χ2v) is 3.63. The summed E-state index contributed by atoms with van der Waals surface area (Å²) in [6, 6.07) is -0.360. The molecule has 1 atom stereocenters. The van der Waals surface area contributed by atoms with E-state index in [4.69, 9.17) is 5.11 Å². The SMILES string of the molecule is CCC(CC(=O)O)Nc1c([N+](=O)[O-])ncn1C. The van der Waals surface area contributed by atoms with Crippen LogP contribution in [0.2, 0.25) is 0 Å². The molecule has 94 valence electrons. The number of aromatic nitrogens is 2. The molecule has 1 unspecified atom stereocenters. The number of nitro groups is 1. The summed E-state index contributed by atoms with van der Waals surface area (Å²) < 4.78 is 1.46. The second-order valence-electron chi connectivity index (χ2n) is 3.63. The van der Waals surface area contributed by atoms with Gasteiger partial charge in [0, 0.05) is 13.1 Å². The lowest BCUT2D eigenvalue weighted by atomic mass is 10.1. The first-order valence-corrected chi connectivity index (χ1v) is 5.09. The van der Waals surface area contributed by atoms with E-state index in [1.165, 1.54) is 10.9 Å². The summed E-state index contributed by atoms with van der Waals surface area (Å²) in [5.74, 6) is -1.02. The molecule has 1 heterocycles. The Labute approximate surface area is 97.4 Å². The third-order valence-electron chi connectivity index (χ3n) is 2.35. The molecular weight excluding hydrogens is 228 g/mol. The molecule has 8 nitrogen and oxygen atoms in total. The normalized spacial score (nSPS) is 12.1. The molecule has 0 aromatic carbocycles. The Bertz CT molecular complexity index is 429. The Morgan fingerprint density at radius 2 is 2.41 bits per heavy atom. The Balaban J connectivity index is 2.88. The first-order valence-electron chi connectivity index (χ1n) is 5.09. The molecule has 0 fully saturated rings. The summed E-state index contributed by atoms with van der Waals surface area (Å²) in [7, 11) is 1.61. The van der Waals surface area contributed by atoms with Crippen molar-refractivity contribution in [3.8, 4) is 0 Å². The molecule has 0 bridgehead atoms. The van der Waals surface area contributed by atoms with E-state index in [0.29, 0.717) is 6.42 Å². The number of imidazole rings is 1. The number of nitrogens with one attached hydrogen (secondary N) is 1. The Kier molecular flexibility index (Phi) is 4.02. The van der Waals surface area contributed by atoms with E-state index in [9.17, 15) is 14.9 Å². The van der Waals surface area contributed by atoms with Crippen LogP contribution in [0.25, 0.3) is 0 Å². The van der Waals surface area contributed by atoms with Gasteiger partial charge in [0.1, 0.15) is 0 Å². The van der Waals surface area contributed by atoms with Crippen LogP contribution < -0.4 is 5.32 Å². The van der Waals surface area contributed by atoms with Crippen molar-refractivity contribution in [2.45, 2.75) is 25.8 Å². The highest BCUT2D eigenvalue weighted by atomic mass is 16.6. The van der Waals surface area contributed by atoms with E-state index in [-0.39, 0.29) is 24.1 Å². The molecule has 0 aliphatic rings. The number of carbonyl (C=O) groups is 1. The molecule has 1 aromatic rings. The number of anilines is 1. The van der Waals surface area contributed by atoms with Gasteiger partial charge in [-0.15, -0.1) is 0 Å². The van der Waals surface area contributed by atoms with E-state index >= 15 is 0 Å². The molecular formula is C9H14N4O4. The van der Waals surface area contributed by atoms with Crippen molar-refractivity contribution < 1.29 is 14.8 Å². The zero-order valence-electron chi connectivity index (χ0n) is 9.58. The minimum atomic E-state index is -0.950. The van der Waals surface area contributed by atoms with Crippen molar-refractivity contribution in [1.29, 1.82) is 0 Å². The average molecular weight is 242 g/mol. The van der Waals surface area contributed by atoms with E-state index in [1.54, 1.807) is 7.05 Å². The highest BCUT2D eigenvalue weighted by Crippen LogP contribution is 2.22. The first kappa shape index (κ1) is 12.9. The van der Waals surface area contributed by atoms with Crippen LogP contribution in [0.15, 0.2) is 6.33 Å². The quantitative estimate of drug-likeness (QED) is 0.568. The minimum absolute atomic E-state index is 0.0984. The van der Waals surface area contributed by atoms with Crippen molar-refractivity contribution in [2.24, 2.45) is 7.05 Å². The molecule has 0 aliphatic carbocycles. The van der Waals surface area contributed by atoms with E-state index in [2.05, 4.69) is 10.3 Å². The number of carboxylic acids is 1. The topological polar surface area (TPSA) is 110 Å². The van der Waals surface area contributed by atoms with Crippen LogP contribution >= 0.6 is 0 Å². The maximum Gasteiger partial charge on any atom is 0.406 e. The third-order valence-corrected chi connectivity index (χ3v) is 2.35. The molecule has 8 heteroatoms. The van der Waals surface area contributed by atoms with Crippen LogP contribution in [0.3, 0.4) is 0 Å².